The Morgan fingerprint density at radius 1 is 1.45 bits per heavy atom. The summed E-state index contributed by atoms with van der Waals surface area (Å²) in [7, 11) is -2.83. The van der Waals surface area contributed by atoms with Gasteiger partial charge in [-0.15, -0.1) is 0 Å². The summed E-state index contributed by atoms with van der Waals surface area (Å²) in [5.74, 6) is 1.80. The third kappa shape index (κ3) is 2.40. The molecule has 6 heteroatoms. The minimum Gasteiger partial charge on any atom is -0.399 e. The number of anilines is 1. The smallest absolute Gasteiger partial charge is 0.150 e. The Hall–Kier alpha value is -1.56. The van der Waals surface area contributed by atoms with Crippen LogP contribution in [0.5, 0.6) is 0 Å². The van der Waals surface area contributed by atoms with Crippen LogP contribution < -0.4 is 5.73 Å². The van der Waals surface area contributed by atoms with Gasteiger partial charge in [-0.05, 0) is 30.5 Å². The van der Waals surface area contributed by atoms with Crippen molar-refractivity contribution in [2.24, 2.45) is 5.92 Å². The van der Waals surface area contributed by atoms with Crippen LogP contribution in [0.1, 0.15) is 19.2 Å². The van der Waals surface area contributed by atoms with Crippen LogP contribution in [0, 0.1) is 5.92 Å². The zero-order valence-corrected chi connectivity index (χ0v) is 12.4. The fraction of sp³-hybridized carbons (Fsp3) is 0.500. The summed E-state index contributed by atoms with van der Waals surface area (Å²) < 4.78 is 25.3. The van der Waals surface area contributed by atoms with E-state index < -0.39 is 9.84 Å². The molecule has 1 unspecified atom stereocenters. The molecule has 1 aromatic heterocycles. The number of aryl methyl sites for hydroxylation is 1. The number of aromatic nitrogens is 2. The van der Waals surface area contributed by atoms with Crippen molar-refractivity contribution in [1.29, 1.82) is 0 Å². The first-order valence-corrected chi connectivity index (χ1v) is 8.75. The molecule has 2 aromatic rings. The van der Waals surface area contributed by atoms with Gasteiger partial charge in [0.15, 0.2) is 9.84 Å². The minimum atomic E-state index is -2.83. The summed E-state index contributed by atoms with van der Waals surface area (Å²) in [5, 5.41) is 0. The van der Waals surface area contributed by atoms with Crippen molar-refractivity contribution in [2.45, 2.75) is 26.3 Å². The van der Waals surface area contributed by atoms with Gasteiger partial charge in [-0.25, -0.2) is 13.4 Å². The maximum atomic E-state index is 11.6. The van der Waals surface area contributed by atoms with E-state index in [4.69, 9.17) is 5.73 Å². The van der Waals surface area contributed by atoms with Crippen LogP contribution in [0.2, 0.25) is 0 Å². The average Bonchev–Trinajstić information content (AvgIpc) is 2.90. The maximum absolute atomic E-state index is 11.6. The molecule has 20 heavy (non-hydrogen) atoms. The Morgan fingerprint density at radius 2 is 2.25 bits per heavy atom. The summed E-state index contributed by atoms with van der Waals surface area (Å²) in [6.45, 7) is 2.79. The Balaban J connectivity index is 1.98. The molecule has 0 amide bonds. The Bertz CT molecular complexity index is 749. The molecule has 2 N–H and O–H groups in total. The van der Waals surface area contributed by atoms with Crippen LogP contribution in [0.15, 0.2) is 18.2 Å². The van der Waals surface area contributed by atoms with E-state index in [1.165, 1.54) is 0 Å². The van der Waals surface area contributed by atoms with E-state index in [-0.39, 0.29) is 5.92 Å². The first kappa shape index (κ1) is 13.4. The first-order chi connectivity index (χ1) is 9.48. The van der Waals surface area contributed by atoms with Crippen LogP contribution in [0.3, 0.4) is 0 Å². The van der Waals surface area contributed by atoms with Crippen LogP contribution in [0.4, 0.5) is 5.69 Å². The van der Waals surface area contributed by atoms with Crippen molar-refractivity contribution in [3.8, 4) is 0 Å². The molecule has 1 aromatic carbocycles. The van der Waals surface area contributed by atoms with Gasteiger partial charge in [0, 0.05) is 18.7 Å². The van der Waals surface area contributed by atoms with Crippen molar-refractivity contribution < 1.29 is 8.42 Å². The summed E-state index contributed by atoms with van der Waals surface area (Å²) >= 11 is 0. The number of rotatable bonds is 3. The topological polar surface area (TPSA) is 78.0 Å². The second kappa shape index (κ2) is 4.77. The number of fused-ring (bicyclic) bond motifs is 1. The highest BCUT2D eigenvalue weighted by Gasteiger charge is 2.28. The molecule has 1 saturated heterocycles. The van der Waals surface area contributed by atoms with Gasteiger partial charge in [-0.1, -0.05) is 6.92 Å². The molecule has 0 aliphatic carbocycles. The van der Waals surface area contributed by atoms with Gasteiger partial charge in [0.2, 0.25) is 0 Å². The number of nitrogen functional groups attached to an aromatic ring is 1. The largest absolute Gasteiger partial charge is 0.399 e. The third-order valence-electron chi connectivity index (χ3n) is 3.94. The number of nitrogens with two attached hydrogens (primary N) is 1. The highest BCUT2D eigenvalue weighted by molar-refractivity contribution is 7.91. The van der Waals surface area contributed by atoms with Gasteiger partial charge >= 0.3 is 0 Å². The molecule has 5 nitrogen and oxygen atoms in total. The van der Waals surface area contributed by atoms with E-state index in [0.29, 0.717) is 17.2 Å². The zero-order chi connectivity index (χ0) is 14.3. The standard InChI is InChI=1S/C14H19N3O2S/c1-2-14-16-12-7-11(15)3-4-13(12)17(14)8-10-5-6-20(18,19)9-10/h3-4,7,10H,2,5-6,8-9,15H2,1H3. The highest BCUT2D eigenvalue weighted by atomic mass is 32.2. The molecule has 108 valence electrons. The van der Waals surface area contributed by atoms with Crippen LogP contribution in [-0.4, -0.2) is 29.5 Å². The molecule has 0 saturated carbocycles. The second-order valence-electron chi connectivity index (χ2n) is 5.51. The predicted molar refractivity (Wildman–Crippen MR) is 80.3 cm³/mol. The summed E-state index contributed by atoms with van der Waals surface area (Å²) in [5.41, 5.74) is 8.43. The van der Waals surface area contributed by atoms with Crippen molar-refractivity contribution in [3.63, 3.8) is 0 Å². The SMILES string of the molecule is CCc1nc2cc(N)ccc2n1CC1CCS(=O)(=O)C1. The Labute approximate surface area is 118 Å². The molecular weight excluding hydrogens is 274 g/mol. The molecule has 3 rings (SSSR count). The van der Waals surface area contributed by atoms with Gasteiger partial charge in [0.05, 0.1) is 22.5 Å². The van der Waals surface area contributed by atoms with E-state index in [0.717, 1.165) is 36.2 Å². The molecule has 1 atom stereocenters. The lowest BCUT2D eigenvalue weighted by molar-refractivity contribution is 0.487. The molecule has 1 aliphatic rings. The fourth-order valence-corrected chi connectivity index (χ4v) is 4.79. The average molecular weight is 293 g/mol. The lowest BCUT2D eigenvalue weighted by atomic mass is 10.1. The van der Waals surface area contributed by atoms with E-state index in [1.54, 1.807) is 0 Å². The summed E-state index contributed by atoms with van der Waals surface area (Å²) in [4.78, 5) is 4.60. The van der Waals surface area contributed by atoms with Crippen LogP contribution >= 0.6 is 0 Å². The van der Waals surface area contributed by atoms with Crippen molar-refractivity contribution in [1.82, 2.24) is 9.55 Å². The predicted octanol–water partition coefficient (Wildman–Crippen LogP) is 1.62. The van der Waals surface area contributed by atoms with Crippen molar-refractivity contribution in [2.75, 3.05) is 17.2 Å². The summed E-state index contributed by atoms with van der Waals surface area (Å²) in [6, 6.07) is 5.71. The Morgan fingerprint density at radius 3 is 2.90 bits per heavy atom. The maximum Gasteiger partial charge on any atom is 0.150 e. The van der Waals surface area contributed by atoms with Gasteiger partial charge in [-0.2, -0.15) is 0 Å². The lowest BCUT2D eigenvalue weighted by Crippen LogP contribution is -2.14. The molecule has 1 aliphatic heterocycles. The molecule has 0 bridgehead atoms. The first-order valence-electron chi connectivity index (χ1n) is 6.93. The van der Waals surface area contributed by atoms with Gasteiger partial charge < -0.3 is 10.3 Å². The van der Waals surface area contributed by atoms with E-state index in [9.17, 15) is 8.42 Å². The van der Waals surface area contributed by atoms with Gasteiger partial charge in [0.25, 0.3) is 0 Å². The van der Waals surface area contributed by atoms with E-state index >= 15 is 0 Å². The third-order valence-corrected chi connectivity index (χ3v) is 5.77. The highest BCUT2D eigenvalue weighted by Crippen LogP contribution is 2.25. The van der Waals surface area contributed by atoms with Crippen molar-refractivity contribution >= 4 is 26.6 Å². The van der Waals surface area contributed by atoms with Crippen molar-refractivity contribution in [3.05, 3.63) is 24.0 Å². The number of imidazole rings is 1. The van der Waals surface area contributed by atoms with Crippen LogP contribution in [-0.2, 0) is 22.8 Å². The monoisotopic (exact) mass is 293 g/mol. The second-order valence-corrected chi connectivity index (χ2v) is 7.74. The zero-order valence-electron chi connectivity index (χ0n) is 11.5. The molecular formula is C14H19N3O2S. The molecule has 0 spiro atoms. The molecule has 0 radical (unpaired) electrons. The number of hydrogen-bond acceptors (Lipinski definition) is 4. The number of nitrogens with zero attached hydrogens (tertiary/aromatic N) is 2. The fourth-order valence-electron chi connectivity index (χ4n) is 2.94. The van der Waals surface area contributed by atoms with E-state index in [2.05, 4.69) is 16.5 Å². The van der Waals surface area contributed by atoms with Gasteiger partial charge in [-0.3, -0.25) is 0 Å². The quantitative estimate of drug-likeness (QED) is 0.872. The van der Waals surface area contributed by atoms with E-state index in [1.807, 2.05) is 18.2 Å². The molecule has 2 heterocycles. The number of hydrogen-bond donors (Lipinski definition) is 1. The number of benzene rings is 1. The normalized spacial score (nSPS) is 21.6. The number of sulfone groups is 1. The lowest BCUT2D eigenvalue weighted by Gasteiger charge is -2.12. The Kier molecular flexibility index (Phi) is 3.20. The minimum absolute atomic E-state index is 0.195. The molecule has 1 fully saturated rings. The summed E-state index contributed by atoms with van der Waals surface area (Å²) in [6.07, 6.45) is 1.58. The van der Waals surface area contributed by atoms with Crippen LogP contribution in [0.25, 0.3) is 11.0 Å². The van der Waals surface area contributed by atoms with Gasteiger partial charge in [0.1, 0.15) is 5.82 Å².